The number of carbonyl (C=O) groups excluding carboxylic acids is 1. The highest BCUT2D eigenvalue weighted by Crippen LogP contribution is 2.23. The number of ether oxygens (including phenoxy) is 1. The van der Waals surface area contributed by atoms with Crippen LogP contribution in [0.1, 0.15) is 39.0 Å². The lowest BCUT2D eigenvalue weighted by Crippen LogP contribution is -2.34. The molecule has 0 bridgehead atoms. The molecule has 0 radical (unpaired) electrons. The lowest BCUT2D eigenvalue weighted by molar-refractivity contribution is -0.142. The van der Waals surface area contributed by atoms with Gasteiger partial charge < -0.3 is 9.84 Å². The number of aliphatic hydroxyl groups excluding tert-OH is 1. The summed E-state index contributed by atoms with van der Waals surface area (Å²) in [6.45, 7) is 2.33. The van der Waals surface area contributed by atoms with Gasteiger partial charge in [0.2, 0.25) is 10.0 Å². The van der Waals surface area contributed by atoms with E-state index in [-0.39, 0.29) is 30.8 Å². The largest absolute Gasteiger partial charge is 0.466 e. The van der Waals surface area contributed by atoms with Gasteiger partial charge in [-0.05, 0) is 38.5 Å². The van der Waals surface area contributed by atoms with Crippen molar-refractivity contribution < 1.29 is 23.1 Å². The summed E-state index contributed by atoms with van der Waals surface area (Å²) in [7, 11) is -3.42. The van der Waals surface area contributed by atoms with Gasteiger partial charge in [-0.1, -0.05) is 0 Å². The molecule has 1 aliphatic carbocycles. The molecule has 0 aromatic carbocycles. The molecule has 0 spiro atoms. The second kappa shape index (κ2) is 7.81. The third-order valence-electron chi connectivity index (χ3n) is 3.29. The highest BCUT2D eigenvalue weighted by molar-refractivity contribution is 7.89. The zero-order chi connectivity index (χ0) is 14.3. The van der Waals surface area contributed by atoms with Crippen molar-refractivity contribution in [3.8, 4) is 0 Å². The summed E-state index contributed by atoms with van der Waals surface area (Å²) in [6.07, 6.45) is 2.77. The second-order valence-electron chi connectivity index (χ2n) is 4.90. The highest BCUT2D eigenvalue weighted by atomic mass is 32.2. The Morgan fingerprint density at radius 2 is 1.95 bits per heavy atom. The highest BCUT2D eigenvalue weighted by Gasteiger charge is 2.21. The number of hydrogen-bond acceptors (Lipinski definition) is 5. The van der Waals surface area contributed by atoms with E-state index in [9.17, 15) is 18.3 Å². The Balaban J connectivity index is 2.25. The Bertz CT molecular complexity index is 374. The fourth-order valence-corrected chi connectivity index (χ4v) is 3.19. The van der Waals surface area contributed by atoms with Crippen LogP contribution in [0.2, 0.25) is 0 Å². The van der Waals surface area contributed by atoms with Crippen LogP contribution < -0.4 is 4.72 Å². The molecule has 1 saturated carbocycles. The quantitative estimate of drug-likeness (QED) is 0.663. The van der Waals surface area contributed by atoms with Crippen LogP contribution in [0.3, 0.4) is 0 Å². The van der Waals surface area contributed by atoms with E-state index in [4.69, 9.17) is 0 Å². The van der Waals surface area contributed by atoms with Gasteiger partial charge in [-0.25, -0.2) is 13.1 Å². The third kappa shape index (κ3) is 6.89. The van der Waals surface area contributed by atoms with Gasteiger partial charge in [0.05, 0.1) is 24.9 Å². The maximum Gasteiger partial charge on any atom is 0.306 e. The average molecular weight is 293 g/mol. The average Bonchev–Trinajstić information content (AvgIpc) is 2.36. The number of sulfonamides is 1. The Morgan fingerprint density at radius 3 is 2.53 bits per heavy atom. The van der Waals surface area contributed by atoms with Crippen LogP contribution in [0.5, 0.6) is 0 Å². The van der Waals surface area contributed by atoms with Crippen LogP contribution in [0.25, 0.3) is 0 Å². The molecule has 0 aromatic heterocycles. The maximum absolute atomic E-state index is 11.7. The lowest BCUT2D eigenvalue weighted by atomic mass is 9.88. The normalized spacial score (nSPS) is 24.1. The fourth-order valence-electron chi connectivity index (χ4n) is 2.12. The van der Waals surface area contributed by atoms with Gasteiger partial charge in [-0.3, -0.25) is 4.79 Å². The van der Waals surface area contributed by atoms with Crippen molar-refractivity contribution in [2.24, 2.45) is 5.92 Å². The number of carbonyl (C=O) groups is 1. The van der Waals surface area contributed by atoms with E-state index in [0.717, 1.165) is 25.7 Å². The molecule has 1 aliphatic rings. The lowest BCUT2D eigenvalue weighted by Gasteiger charge is -2.25. The zero-order valence-electron chi connectivity index (χ0n) is 11.3. The van der Waals surface area contributed by atoms with Gasteiger partial charge in [0, 0.05) is 6.54 Å². The van der Waals surface area contributed by atoms with E-state index in [0.29, 0.717) is 6.54 Å². The molecular weight excluding hydrogens is 270 g/mol. The first kappa shape index (κ1) is 16.4. The van der Waals surface area contributed by atoms with E-state index < -0.39 is 16.0 Å². The Labute approximate surface area is 114 Å². The van der Waals surface area contributed by atoms with Crippen molar-refractivity contribution in [2.75, 3.05) is 18.9 Å². The minimum absolute atomic E-state index is 0.118. The Hall–Kier alpha value is -0.660. The first-order chi connectivity index (χ1) is 8.93. The molecule has 7 heteroatoms. The summed E-state index contributed by atoms with van der Waals surface area (Å²) in [4.78, 5) is 11.1. The Kier molecular flexibility index (Phi) is 6.74. The van der Waals surface area contributed by atoms with E-state index in [1.807, 2.05) is 0 Å². The molecule has 0 amide bonds. The van der Waals surface area contributed by atoms with Gasteiger partial charge in [-0.2, -0.15) is 0 Å². The van der Waals surface area contributed by atoms with Gasteiger partial charge in [0.1, 0.15) is 0 Å². The predicted octanol–water partition coefficient (Wildman–Crippen LogP) is 0.410. The van der Waals surface area contributed by atoms with Crippen molar-refractivity contribution in [2.45, 2.75) is 45.1 Å². The smallest absolute Gasteiger partial charge is 0.306 e. The monoisotopic (exact) mass is 293 g/mol. The fraction of sp³-hybridized carbons (Fsp3) is 0.917. The molecule has 0 atom stereocenters. The van der Waals surface area contributed by atoms with Crippen LogP contribution in [0.15, 0.2) is 0 Å². The molecule has 0 aromatic rings. The van der Waals surface area contributed by atoms with Crippen molar-refractivity contribution in [1.82, 2.24) is 4.72 Å². The van der Waals surface area contributed by atoms with Gasteiger partial charge >= 0.3 is 5.97 Å². The maximum atomic E-state index is 11.7. The van der Waals surface area contributed by atoms with Crippen molar-refractivity contribution >= 4 is 16.0 Å². The molecular formula is C12H23NO5S. The summed E-state index contributed by atoms with van der Waals surface area (Å²) in [5.41, 5.74) is 0. The zero-order valence-corrected chi connectivity index (χ0v) is 12.1. The molecule has 0 saturated heterocycles. The predicted molar refractivity (Wildman–Crippen MR) is 71.0 cm³/mol. The topological polar surface area (TPSA) is 92.7 Å². The molecule has 1 rings (SSSR count). The molecule has 6 nitrogen and oxygen atoms in total. The summed E-state index contributed by atoms with van der Waals surface area (Å²) in [6, 6.07) is 0. The third-order valence-corrected chi connectivity index (χ3v) is 4.64. The number of esters is 1. The van der Waals surface area contributed by atoms with Gasteiger partial charge in [0.25, 0.3) is 0 Å². The van der Waals surface area contributed by atoms with Crippen molar-refractivity contribution in [1.29, 1.82) is 0 Å². The van der Waals surface area contributed by atoms with E-state index in [1.165, 1.54) is 0 Å². The first-order valence-electron chi connectivity index (χ1n) is 6.74. The standard InChI is InChI=1S/C12H23NO5S/c1-2-18-12(15)7-8-19(16,17)13-9-10-3-5-11(14)6-4-10/h10-11,13-14H,2-9H2,1H3. The molecule has 0 heterocycles. The molecule has 1 fully saturated rings. The van der Waals surface area contributed by atoms with Crippen molar-refractivity contribution in [3.63, 3.8) is 0 Å². The number of aliphatic hydroxyl groups is 1. The van der Waals surface area contributed by atoms with Crippen LogP contribution in [0.4, 0.5) is 0 Å². The molecule has 2 N–H and O–H groups in total. The summed E-state index contributed by atoms with van der Waals surface area (Å²) >= 11 is 0. The number of rotatable bonds is 7. The summed E-state index contributed by atoms with van der Waals surface area (Å²) in [5, 5.41) is 9.36. The minimum Gasteiger partial charge on any atom is -0.466 e. The van der Waals surface area contributed by atoms with E-state index >= 15 is 0 Å². The van der Waals surface area contributed by atoms with E-state index in [2.05, 4.69) is 9.46 Å². The van der Waals surface area contributed by atoms with Gasteiger partial charge in [0.15, 0.2) is 0 Å². The van der Waals surface area contributed by atoms with E-state index in [1.54, 1.807) is 6.92 Å². The van der Waals surface area contributed by atoms with Crippen molar-refractivity contribution in [3.05, 3.63) is 0 Å². The molecule has 0 unspecified atom stereocenters. The van der Waals surface area contributed by atoms with Crippen LogP contribution in [-0.2, 0) is 19.6 Å². The van der Waals surface area contributed by atoms with Gasteiger partial charge in [-0.15, -0.1) is 0 Å². The first-order valence-corrected chi connectivity index (χ1v) is 8.39. The SMILES string of the molecule is CCOC(=O)CCS(=O)(=O)NCC1CCC(O)CC1. The van der Waals surface area contributed by atoms with Crippen LogP contribution in [-0.4, -0.2) is 44.5 Å². The summed E-state index contributed by atoms with van der Waals surface area (Å²) < 4.78 is 30.6. The molecule has 19 heavy (non-hydrogen) atoms. The Morgan fingerprint density at radius 1 is 1.32 bits per heavy atom. The second-order valence-corrected chi connectivity index (χ2v) is 6.82. The number of hydrogen-bond donors (Lipinski definition) is 2. The molecule has 0 aliphatic heterocycles. The number of nitrogens with one attached hydrogen (secondary N) is 1. The van der Waals surface area contributed by atoms with Crippen LogP contribution >= 0.6 is 0 Å². The summed E-state index contributed by atoms with van der Waals surface area (Å²) in [5.74, 6) is -0.448. The van der Waals surface area contributed by atoms with Crippen LogP contribution in [0, 0.1) is 5.92 Å². The molecule has 112 valence electrons. The minimum atomic E-state index is -3.42.